The fourth-order valence-corrected chi connectivity index (χ4v) is 2.38. The SMILES string of the molecule is CCCc1cc(NCC)nc(Cc2ccc(C)c(C)c2)n1. The molecule has 0 radical (unpaired) electrons. The van der Waals surface area contributed by atoms with Gasteiger partial charge in [-0.05, 0) is 43.9 Å². The summed E-state index contributed by atoms with van der Waals surface area (Å²) in [5.41, 5.74) is 5.05. The van der Waals surface area contributed by atoms with Crippen LogP contribution in [0.2, 0.25) is 0 Å². The molecular weight excluding hydrogens is 258 g/mol. The van der Waals surface area contributed by atoms with E-state index in [2.05, 4.69) is 62.3 Å². The van der Waals surface area contributed by atoms with E-state index in [9.17, 15) is 0 Å². The van der Waals surface area contributed by atoms with Crippen molar-refractivity contribution in [3.8, 4) is 0 Å². The molecular formula is C18H25N3. The molecule has 21 heavy (non-hydrogen) atoms. The van der Waals surface area contributed by atoms with Crippen LogP contribution < -0.4 is 5.32 Å². The van der Waals surface area contributed by atoms with Gasteiger partial charge in [-0.2, -0.15) is 0 Å². The van der Waals surface area contributed by atoms with Crippen molar-refractivity contribution >= 4 is 5.82 Å². The summed E-state index contributed by atoms with van der Waals surface area (Å²) in [4.78, 5) is 9.33. The van der Waals surface area contributed by atoms with E-state index >= 15 is 0 Å². The fraction of sp³-hybridized carbons (Fsp3) is 0.444. The van der Waals surface area contributed by atoms with Crippen LogP contribution in [-0.2, 0) is 12.8 Å². The van der Waals surface area contributed by atoms with Gasteiger partial charge in [0.1, 0.15) is 11.6 Å². The first-order valence-corrected chi connectivity index (χ1v) is 7.79. The lowest BCUT2D eigenvalue weighted by atomic mass is 10.0. The molecule has 0 unspecified atom stereocenters. The number of anilines is 1. The molecule has 112 valence electrons. The summed E-state index contributed by atoms with van der Waals surface area (Å²) in [6.07, 6.45) is 2.89. The van der Waals surface area contributed by atoms with Gasteiger partial charge in [0.05, 0.1) is 0 Å². The quantitative estimate of drug-likeness (QED) is 0.868. The van der Waals surface area contributed by atoms with Gasteiger partial charge in [0.25, 0.3) is 0 Å². The minimum absolute atomic E-state index is 0.789. The highest BCUT2D eigenvalue weighted by Crippen LogP contribution is 2.15. The molecule has 0 aliphatic heterocycles. The molecule has 0 spiro atoms. The Bertz CT molecular complexity index is 581. The summed E-state index contributed by atoms with van der Waals surface area (Å²) in [6.45, 7) is 9.44. The third kappa shape index (κ3) is 4.28. The Morgan fingerprint density at radius 2 is 1.81 bits per heavy atom. The first-order chi connectivity index (χ1) is 10.1. The van der Waals surface area contributed by atoms with Gasteiger partial charge in [0.2, 0.25) is 0 Å². The van der Waals surface area contributed by atoms with Gasteiger partial charge in [0, 0.05) is 24.7 Å². The number of benzene rings is 1. The Balaban J connectivity index is 2.26. The molecule has 0 saturated carbocycles. The van der Waals surface area contributed by atoms with Crippen molar-refractivity contribution in [2.45, 2.75) is 47.0 Å². The molecule has 0 amide bonds. The van der Waals surface area contributed by atoms with Crippen molar-refractivity contribution in [2.75, 3.05) is 11.9 Å². The second-order valence-corrected chi connectivity index (χ2v) is 5.54. The minimum atomic E-state index is 0.789. The Morgan fingerprint density at radius 3 is 2.48 bits per heavy atom. The average molecular weight is 283 g/mol. The second-order valence-electron chi connectivity index (χ2n) is 5.54. The molecule has 3 heteroatoms. The van der Waals surface area contributed by atoms with E-state index in [1.165, 1.54) is 16.7 Å². The minimum Gasteiger partial charge on any atom is -0.370 e. The van der Waals surface area contributed by atoms with Gasteiger partial charge in [-0.15, -0.1) is 0 Å². The summed E-state index contributed by atoms with van der Waals surface area (Å²) in [5.74, 6) is 1.84. The lowest BCUT2D eigenvalue weighted by molar-refractivity contribution is 0.841. The van der Waals surface area contributed by atoms with E-state index in [1.807, 2.05) is 0 Å². The van der Waals surface area contributed by atoms with Crippen molar-refractivity contribution in [1.29, 1.82) is 0 Å². The molecule has 1 aromatic carbocycles. The molecule has 1 N–H and O–H groups in total. The highest BCUT2D eigenvalue weighted by molar-refractivity contribution is 5.37. The van der Waals surface area contributed by atoms with Crippen molar-refractivity contribution in [3.05, 3.63) is 52.5 Å². The Kier molecular flexibility index (Phi) is 5.32. The van der Waals surface area contributed by atoms with E-state index in [0.717, 1.165) is 43.1 Å². The normalized spacial score (nSPS) is 10.7. The fourth-order valence-electron chi connectivity index (χ4n) is 2.38. The van der Waals surface area contributed by atoms with Gasteiger partial charge < -0.3 is 5.32 Å². The number of nitrogens with zero attached hydrogens (tertiary/aromatic N) is 2. The van der Waals surface area contributed by atoms with E-state index in [0.29, 0.717) is 0 Å². The van der Waals surface area contributed by atoms with Gasteiger partial charge in [-0.3, -0.25) is 0 Å². The monoisotopic (exact) mass is 283 g/mol. The zero-order chi connectivity index (χ0) is 15.2. The topological polar surface area (TPSA) is 37.8 Å². The maximum atomic E-state index is 4.70. The van der Waals surface area contributed by atoms with E-state index in [1.54, 1.807) is 0 Å². The van der Waals surface area contributed by atoms with Crippen LogP contribution in [-0.4, -0.2) is 16.5 Å². The summed E-state index contributed by atoms with van der Waals surface area (Å²) in [6, 6.07) is 8.64. The third-order valence-electron chi connectivity index (χ3n) is 3.62. The number of nitrogens with one attached hydrogen (secondary N) is 1. The lowest BCUT2D eigenvalue weighted by Crippen LogP contribution is -2.07. The molecule has 2 aromatic rings. The standard InChI is InChI=1S/C18H25N3/c1-5-7-16-12-17(19-6-2)21-18(20-16)11-15-9-8-13(3)14(4)10-15/h8-10,12H,5-7,11H2,1-4H3,(H,19,20,21). The summed E-state index contributed by atoms with van der Waals surface area (Å²) < 4.78 is 0. The summed E-state index contributed by atoms with van der Waals surface area (Å²) in [7, 11) is 0. The van der Waals surface area contributed by atoms with Crippen LogP contribution in [0.25, 0.3) is 0 Å². The first-order valence-electron chi connectivity index (χ1n) is 7.79. The van der Waals surface area contributed by atoms with Crippen LogP contribution in [0.3, 0.4) is 0 Å². The van der Waals surface area contributed by atoms with Crippen LogP contribution in [0.4, 0.5) is 5.82 Å². The summed E-state index contributed by atoms with van der Waals surface area (Å²) >= 11 is 0. The predicted octanol–water partition coefficient (Wildman–Crippen LogP) is 4.07. The van der Waals surface area contributed by atoms with Gasteiger partial charge in [0.15, 0.2) is 0 Å². The van der Waals surface area contributed by atoms with Crippen LogP contribution in [0.15, 0.2) is 24.3 Å². The number of aryl methyl sites for hydroxylation is 3. The second kappa shape index (κ2) is 7.21. The highest BCUT2D eigenvalue weighted by Gasteiger charge is 2.06. The van der Waals surface area contributed by atoms with Gasteiger partial charge >= 0.3 is 0 Å². The molecule has 2 rings (SSSR count). The van der Waals surface area contributed by atoms with Crippen LogP contribution >= 0.6 is 0 Å². The van der Waals surface area contributed by atoms with Crippen molar-refractivity contribution in [2.24, 2.45) is 0 Å². The zero-order valence-corrected chi connectivity index (χ0v) is 13.5. The number of hydrogen-bond acceptors (Lipinski definition) is 3. The van der Waals surface area contributed by atoms with Crippen LogP contribution in [0.5, 0.6) is 0 Å². The first kappa shape index (κ1) is 15.5. The maximum Gasteiger partial charge on any atom is 0.135 e. The smallest absolute Gasteiger partial charge is 0.135 e. The predicted molar refractivity (Wildman–Crippen MR) is 88.9 cm³/mol. The summed E-state index contributed by atoms with van der Waals surface area (Å²) in [5, 5.41) is 3.30. The molecule has 1 aromatic heterocycles. The molecule has 0 aliphatic carbocycles. The molecule has 0 fully saturated rings. The van der Waals surface area contributed by atoms with E-state index in [-0.39, 0.29) is 0 Å². The molecule has 0 atom stereocenters. The maximum absolute atomic E-state index is 4.70. The van der Waals surface area contributed by atoms with E-state index < -0.39 is 0 Å². The molecule has 0 bridgehead atoms. The molecule has 0 aliphatic rings. The van der Waals surface area contributed by atoms with Crippen molar-refractivity contribution in [3.63, 3.8) is 0 Å². The van der Waals surface area contributed by atoms with Crippen LogP contribution in [0.1, 0.15) is 48.5 Å². The molecule has 1 heterocycles. The van der Waals surface area contributed by atoms with E-state index in [4.69, 9.17) is 4.98 Å². The lowest BCUT2D eigenvalue weighted by Gasteiger charge is -2.09. The average Bonchev–Trinajstić information content (AvgIpc) is 2.43. The molecule has 0 saturated heterocycles. The Labute approximate surface area is 127 Å². The Hall–Kier alpha value is -1.90. The number of hydrogen-bond donors (Lipinski definition) is 1. The molecule has 3 nitrogen and oxygen atoms in total. The highest BCUT2D eigenvalue weighted by atomic mass is 15.0. The Morgan fingerprint density at radius 1 is 1.00 bits per heavy atom. The van der Waals surface area contributed by atoms with Gasteiger partial charge in [-0.25, -0.2) is 9.97 Å². The number of rotatable bonds is 6. The zero-order valence-electron chi connectivity index (χ0n) is 13.5. The van der Waals surface area contributed by atoms with Crippen LogP contribution in [0, 0.1) is 13.8 Å². The largest absolute Gasteiger partial charge is 0.370 e. The van der Waals surface area contributed by atoms with Crippen molar-refractivity contribution in [1.82, 2.24) is 9.97 Å². The van der Waals surface area contributed by atoms with Gasteiger partial charge in [-0.1, -0.05) is 31.5 Å². The van der Waals surface area contributed by atoms with Crippen molar-refractivity contribution < 1.29 is 0 Å². The third-order valence-corrected chi connectivity index (χ3v) is 3.62. The number of aromatic nitrogens is 2.